The Kier molecular flexibility index (Phi) is 9.22. The molecule has 0 unspecified atom stereocenters. The molecule has 1 fully saturated rings. The number of sulfonamides is 1. The molecular weight excluding hydrogens is 469 g/mol. The number of carbonyl (C=O) groups is 1. The lowest BCUT2D eigenvalue weighted by Crippen LogP contribution is -2.41. The third-order valence-corrected chi connectivity index (χ3v) is 8.01. The number of hydrogen-bond donors (Lipinski definition) is 1. The minimum Gasteiger partial charge on any atom is -0.354 e. The molecule has 1 aliphatic rings. The molecule has 0 radical (unpaired) electrons. The molecule has 0 aliphatic carbocycles. The summed E-state index contributed by atoms with van der Waals surface area (Å²) < 4.78 is 27.7. The van der Waals surface area contributed by atoms with Gasteiger partial charge in [-0.3, -0.25) is 9.10 Å². The van der Waals surface area contributed by atoms with Gasteiger partial charge in [0.1, 0.15) is 6.54 Å². The van der Waals surface area contributed by atoms with Crippen LogP contribution in [0, 0.1) is 0 Å². The Morgan fingerprint density at radius 1 is 0.969 bits per heavy atom. The summed E-state index contributed by atoms with van der Waals surface area (Å²) in [5.74, 6) is -0.369. The van der Waals surface area contributed by atoms with E-state index >= 15 is 0 Å². The number of halogens is 2. The summed E-state index contributed by atoms with van der Waals surface area (Å²) in [6.07, 6.45) is 5.84. The summed E-state index contributed by atoms with van der Waals surface area (Å²) in [5.41, 5.74) is 0.281. The lowest BCUT2D eigenvalue weighted by atomic mass is 10.2. The first-order valence-corrected chi connectivity index (χ1v) is 13.1. The van der Waals surface area contributed by atoms with Crippen molar-refractivity contribution < 1.29 is 13.2 Å². The number of amides is 1. The molecular formula is C23H29Cl2N3O3S. The average Bonchev–Trinajstić information content (AvgIpc) is 3.06. The number of nitrogens with zero attached hydrogens (tertiary/aromatic N) is 2. The predicted octanol–water partition coefficient (Wildman–Crippen LogP) is 4.57. The monoisotopic (exact) mass is 497 g/mol. The molecule has 1 aliphatic heterocycles. The standard InChI is InChI=1S/C23H29Cl2N3O3S/c24-21-12-11-19(17-22(21)25)28(32(30,31)20-9-4-3-5-10-20)18-23(29)26-13-8-16-27-14-6-1-2-7-15-27/h3-5,9-12,17H,1-2,6-8,13-16,18H2,(H,26,29). The van der Waals surface area contributed by atoms with Crippen LogP contribution in [-0.2, 0) is 14.8 Å². The Hall–Kier alpha value is -1.80. The smallest absolute Gasteiger partial charge is 0.264 e. The normalized spacial score (nSPS) is 15.2. The van der Waals surface area contributed by atoms with Gasteiger partial charge in [0.15, 0.2) is 0 Å². The van der Waals surface area contributed by atoms with Crippen LogP contribution in [-0.4, -0.2) is 51.9 Å². The highest BCUT2D eigenvalue weighted by atomic mass is 35.5. The minimum absolute atomic E-state index is 0.0973. The fourth-order valence-corrected chi connectivity index (χ4v) is 5.48. The zero-order valence-electron chi connectivity index (χ0n) is 18.0. The van der Waals surface area contributed by atoms with Gasteiger partial charge in [0.2, 0.25) is 5.91 Å². The van der Waals surface area contributed by atoms with Gasteiger partial charge >= 0.3 is 0 Å². The van der Waals surface area contributed by atoms with E-state index in [9.17, 15) is 13.2 Å². The van der Waals surface area contributed by atoms with Crippen molar-refractivity contribution in [1.82, 2.24) is 10.2 Å². The van der Waals surface area contributed by atoms with E-state index in [0.717, 1.165) is 30.4 Å². The summed E-state index contributed by atoms with van der Waals surface area (Å²) in [7, 11) is -3.97. The highest BCUT2D eigenvalue weighted by molar-refractivity contribution is 7.92. The lowest BCUT2D eigenvalue weighted by molar-refractivity contribution is -0.119. The van der Waals surface area contributed by atoms with Gasteiger partial charge in [-0.25, -0.2) is 8.42 Å². The molecule has 0 bridgehead atoms. The van der Waals surface area contributed by atoms with E-state index < -0.39 is 10.0 Å². The van der Waals surface area contributed by atoms with Gasteiger partial charge in [-0.2, -0.15) is 0 Å². The van der Waals surface area contributed by atoms with Crippen LogP contribution in [0.4, 0.5) is 5.69 Å². The summed E-state index contributed by atoms with van der Waals surface area (Å²) in [6, 6.07) is 12.5. The zero-order valence-corrected chi connectivity index (χ0v) is 20.3. The van der Waals surface area contributed by atoms with E-state index in [2.05, 4.69) is 10.2 Å². The fraction of sp³-hybridized carbons (Fsp3) is 0.435. The molecule has 0 spiro atoms. The second-order valence-electron chi connectivity index (χ2n) is 7.88. The van der Waals surface area contributed by atoms with E-state index in [0.29, 0.717) is 11.6 Å². The minimum atomic E-state index is -3.97. The number of anilines is 1. The first kappa shape index (κ1) is 24.8. The largest absolute Gasteiger partial charge is 0.354 e. The van der Waals surface area contributed by atoms with Crippen molar-refractivity contribution in [2.24, 2.45) is 0 Å². The number of likely N-dealkylation sites (tertiary alicyclic amines) is 1. The Morgan fingerprint density at radius 2 is 1.66 bits per heavy atom. The van der Waals surface area contributed by atoms with Gasteiger partial charge in [0.25, 0.3) is 10.0 Å². The maximum absolute atomic E-state index is 13.3. The van der Waals surface area contributed by atoms with E-state index in [1.165, 1.54) is 49.9 Å². The van der Waals surface area contributed by atoms with Gasteiger partial charge in [0.05, 0.1) is 20.6 Å². The summed E-state index contributed by atoms with van der Waals surface area (Å²) in [6.45, 7) is 3.29. The Bertz CT molecular complexity index is 995. The molecule has 2 aromatic carbocycles. The Labute approximate surface area is 200 Å². The van der Waals surface area contributed by atoms with Crippen LogP contribution >= 0.6 is 23.2 Å². The van der Waals surface area contributed by atoms with Crippen LogP contribution in [0.2, 0.25) is 10.0 Å². The Balaban J connectivity index is 1.67. The van der Waals surface area contributed by atoms with Crippen molar-refractivity contribution in [3.8, 4) is 0 Å². The molecule has 1 amide bonds. The first-order chi connectivity index (χ1) is 15.4. The number of nitrogens with one attached hydrogen (secondary N) is 1. The van der Waals surface area contributed by atoms with Gasteiger partial charge in [-0.1, -0.05) is 54.2 Å². The SMILES string of the molecule is O=C(CN(c1ccc(Cl)c(Cl)c1)S(=O)(=O)c1ccccc1)NCCCN1CCCCCC1. The maximum Gasteiger partial charge on any atom is 0.264 e. The zero-order chi connectivity index (χ0) is 23.0. The van der Waals surface area contributed by atoms with Gasteiger partial charge in [-0.15, -0.1) is 0 Å². The van der Waals surface area contributed by atoms with Crippen LogP contribution in [0.25, 0.3) is 0 Å². The number of hydrogen-bond acceptors (Lipinski definition) is 4. The van der Waals surface area contributed by atoms with Crippen LogP contribution in [0.5, 0.6) is 0 Å². The van der Waals surface area contributed by atoms with Gasteiger partial charge in [-0.05, 0) is 69.2 Å². The van der Waals surface area contributed by atoms with Crippen LogP contribution in [0.15, 0.2) is 53.4 Å². The lowest BCUT2D eigenvalue weighted by Gasteiger charge is -2.24. The summed E-state index contributed by atoms with van der Waals surface area (Å²) >= 11 is 12.1. The molecule has 0 aromatic heterocycles. The van der Waals surface area contributed by atoms with E-state index in [1.54, 1.807) is 24.3 Å². The Morgan fingerprint density at radius 3 is 2.31 bits per heavy atom. The first-order valence-electron chi connectivity index (χ1n) is 10.9. The molecule has 0 saturated carbocycles. The molecule has 0 atom stereocenters. The number of carbonyl (C=O) groups excluding carboxylic acids is 1. The molecule has 3 rings (SSSR count). The molecule has 174 valence electrons. The quantitative estimate of drug-likeness (QED) is 0.515. The summed E-state index contributed by atoms with van der Waals surface area (Å²) in [4.78, 5) is 15.2. The second-order valence-corrected chi connectivity index (χ2v) is 10.6. The fourth-order valence-electron chi connectivity index (χ4n) is 3.75. The van der Waals surface area contributed by atoms with E-state index in [-0.39, 0.29) is 28.1 Å². The van der Waals surface area contributed by atoms with Crippen LogP contribution in [0.3, 0.4) is 0 Å². The molecule has 32 heavy (non-hydrogen) atoms. The van der Waals surface area contributed by atoms with Crippen molar-refractivity contribution in [3.05, 3.63) is 58.6 Å². The molecule has 6 nitrogen and oxygen atoms in total. The second kappa shape index (κ2) is 11.9. The van der Waals surface area contributed by atoms with Crippen molar-refractivity contribution >= 4 is 44.8 Å². The third kappa shape index (κ3) is 6.85. The maximum atomic E-state index is 13.3. The predicted molar refractivity (Wildman–Crippen MR) is 130 cm³/mol. The average molecular weight is 498 g/mol. The van der Waals surface area contributed by atoms with Crippen molar-refractivity contribution in [1.29, 1.82) is 0 Å². The molecule has 1 heterocycles. The van der Waals surface area contributed by atoms with Crippen LogP contribution in [0.1, 0.15) is 32.1 Å². The molecule has 9 heteroatoms. The van der Waals surface area contributed by atoms with Gasteiger partial charge in [0, 0.05) is 6.54 Å². The number of rotatable bonds is 9. The molecule has 2 aromatic rings. The molecule has 1 N–H and O–H groups in total. The van der Waals surface area contributed by atoms with Crippen LogP contribution < -0.4 is 9.62 Å². The van der Waals surface area contributed by atoms with Crippen molar-refractivity contribution in [2.45, 2.75) is 37.0 Å². The van der Waals surface area contributed by atoms with E-state index in [1.807, 2.05) is 0 Å². The highest BCUT2D eigenvalue weighted by Crippen LogP contribution is 2.30. The summed E-state index contributed by atoms with van der Waals surface area (Å²) in [5, 5.41) is 3.39. The van der Waals surface area contributed by atoms with Crippen molar-refractivity contribution in [3.63, 3.8) is 0 Å². The van der Waals surface area contributed by atoms with Crippen molar-refractivity contribution in [2.75, 3.05) is 37.0 Å². The highest BCUT2D eigenvalue weighted by Gasteiger charge is 2.27. The molecule has 1 saturated heterocycles. The topological polar surface area (TPSA) is 69.7 Å². The van der Waals surface area contributed by atoms with E-state index in [4.69, 9.17) is 23.2 Å². The number of benzene rings is 2. The van der Waals surface area contributed by atoms with Gasteiger partial charge < -0.3 is 10.2 Å². The third-order valence-electron chi connectivity index (χ3n) is 5.48.